The van der Waals surface area contributed by atoms with E-state index >= 15 is 0 Å². The summed E-state index contributed by atoms with van der Waals surface area (Å²) in [5.74, 6) is -0.353. The number of aliphatic hydroxyl groups excluding tert-OH is 8. The van der Waals surface area contributed by atoms with E-state index in [1.165, 1.54) is 48.6 Å². The predicted octanol–water partition coefficient (Wildman–Crippen LogP) is -2.37. The molecule has 2 saturated heterocycles. The van der Waals surface area contributed by atoms with E-state index in [0.717, 1.165) is 0 Å². The van der Waals surface area contributed by atoms with Crippen LogP contribution in [0.5, 0.6) is 23.0 Å². The Balaban J connectivity index is 1.45. The van der Waals surface area contributed by atoms with Gasteiger partial charge < -0.3 is 70.0 Å². The summed E-state index contributed by atoms with van der Waals surface area (Å²) in [6.45, 7) is -1.25. The number of phenols is 2. The summed E-state index contributed by atoms with van der Waals surface area (Å²) in [5.41, 5.74) is 0.724. The number of benzene rings is 2. The molecule has 2 heterocycles. The van der Waals surface area contributed by atoms with E-state index in [1.807, 2.05) is 0 Å². The second-order valence-electron chi connectivity index (χ2n) is 9.44. The Labute approximate surface area is 227 Å². The standard InChI is InChI=1S/C26H32O14/c27-9-17-19(31)21(33)23(35)25(39-17)37-14-4-3-12(16(30)8-14)2-1-11-5-13(29)7-15(6-11)38-26-24(36)22(34)20(32)18(10-28)40-26/h1-8,17-36H,9-10H2/b2-1-/t17-,18+,19-,20+,21+,22-,23-,24+,25-,26+/m1/s1. The van der Waals surface area contributed by atoms with Crippen molar-refractivity contribution in [2.75, 3.05) is 13.2 Å². The fraction of sp³-hybridized carbons (Fsp3) is 0.462. The molecule has 2 aliphatic rings. The second-order valence-corrected chi connectivity index (χ2v) is 9.44. The largest absolute Gasteiger partial charge is 0.508 e. The van der Waals surface area contributed by atoms with Gasteiger partial charge in [0.05, 0.1) is 13.2 Å². The molecule has 220 valence electrons. The fourth-order valence-corrected chi connectivity index (χ4v) is 4.29. The van der Waals surface area contributed by atoms with Crippen LogP contribution < -0.4 is 9.47 Å². The van der Waals surface area contributed by atoms with Gasteiger partial charge in [0, 0.05) is 17.7 Å². The van der Waals surface area contributed by atoms with Crippen LogP contribution in [0.2, 0.25) is 0 Å². The molecule has 0 unspecified atom stereocenters. The average Bonchev–Trinajstić information content (AvgIpc) is 2.93. The molecule has 14 heteroatoms. The summed E-state index contributed by atoms with van der Waals surface area (Å²) < 4.78 is 21.6. The van der Waals surface area contributed by atoms with E-state index in [2.05, 4.69) is 0 Å². The van der Waals surface area contributed by atoms with Crippen molar-refractivity contribution in [2.45, 2.75) is 61.4 Å². The molecule has 2 aromatic carbocycles. The summed E-state index contributed by atoms with van der Waals surface area (Å²) >= 11 is 0. The van der Waals surface area contributed by atoms with Gasteiger partial charge in [0.25, 0.3) is 0 Å². The number of hydrogen-bond acceptors (Lipinski definition) is 14. The third-order valence-corrected chi connectivity index (χ3v) is 6.57. The normalized spacial score (nSPS) is 34.6. The van der Waals surface area contributed by atoms with Crippen molar-refractivity contribution in [3.8, 4) is 23.0 Å². The van der Waals surface area contributed by atoms with Crippen LogP contribution in [0.15, 0.2) is 36.4 Å². The molecule has 2 fully saturated rings. The van der Waals surface area contributed by atoms with Gasteiger partial charge in [0.1, 0.15) is 71.8 Å². The molecule has 14 nitrogen and oxygen atoms in total. The lowest BCUT2D eigenvalue weighted by Crippen LogP contribution is -2.60. The number of phenolic OH excluding ortho intramolecular Hbond substituents is 2. The molecule has 10 atom stereocenters. The van der Waals surface area contributed by atoms with Crippen LogP contribution in [0.1, 0.15) is 11.1 Å². The third-order valence-electron chi connectivity index (χ3n) is 6.57. The van der Waals surface area contributed by atoms with Gasteiger partial charge in [-0.2, -0.15) is 0 Å². The minimum atomic E-state index is -1.64. The molecule has 0 amide bonds. The van der Waals surface area contributed by atoms with Crippen LogP contribution in [0.4, 0.5) is 0 Å². The zero-order chi connectivity index (χ0) is 29.1. The molecule has 0 aliphatic carbocycles. The maximum Gasteiger partial charge on any atom is 0.229 e. The molecule has 0 spiro atoms. The maximum absolute atomic E-state index is 10.5. The quantitative estimate of drug-likeness (QED) is 0.150. The van der Waals surface area contributed by atoms with E-state index < -0.39 is 74.6 Å². The molecular formula is C26H32O14. The van der Waals surface area contributed by atoms with Crippen LogP contribution >= 0.6 is 0 Å². The number of hydrogen-bond donors (Lipinski definition) is 10. The molecule has 4 rings (SSSR count). The zero-order valence-electron chi connectivity index (χ0n) is 20.9. The summed E-state index contributed by atoms with van der Waals surface area (Å²) in [7, 11) is 0. The van der Waals surface area contributed by atoms with Crippen LogP contribution in [-0.4, -0.2) is 126 Å². The van der Waals surface area contributed by atoms with Crippen molar-refractivity contribution in [1.29, 1.82) is 0 Å². The molecule has 0 bridgehead atoms. The van der Waals surface area contributed by atoms with Crippen molar-refractivity contribution >= 4 is 12.2 Å². The average molecular weight is 569 g/mol. The molecular weight excluding hydrogens is 536 g/mol. The Morgan fingerprint density at radius 1 is 0.625 bits per heavy atom. The molecule has 0 radical (unpaired) electrons. The van der Waals surface area contributed by atoms with Crippen LogP contribution in [0, 0.1) is 0 Å². The van der Waals surface area contributed by atoms with Gasteiger partial charge in [0.2, 0.25) is 12.6 Å². The van der Waals surface area contributed by atoms with Crippen LogP contribution in [-0.2, 0) is 9.47 Å². The summed E-state index contributed by atoms with van der Waals surface area (Å²) in [5, 5.41) is 99.2. The van der Waals surface area contributed by atoms with Crippen molar-refractivity contribution < 1.29 is 70.0 Å². The van der Waals surface area contributed by atoms with Crippen LogP contribution in [0.25, 0.3) is 12.2 Å². The SMILES string of the molecule is OC[C@@H]1O[C@H](Oc2cc(O)cc(/C=C\c3ccc(O[C@@H]4O[C@H](CO)[C@@H](O)[C@H](O)[C@H]4O)cc3O)c2)[C@@H](O)[C@H](O)[C@H]1O. The number of rotatable bonds is 8. The Bertz CT molecular complexity index is 1170. The summed E-state index contributed by atoms with van der Waals surface area (Å²) in [6.07, 6.45) is -11.8. The maximum atomic E-state index is 10.5. The highest BCUT2D eigenvalue weighted by Gasteiger charge is 2.45. The van der Waals surface area contributed by atoms with Crippen LogP contribution in [0.3, 0.4) is 0 Å². The van der Waals surface area contributed by atoms with Crippen molar-refractivity contribution in [1.82, 2.24) is 0 Å². The van der Waals surface area contributed by atoms with Gasteiger partial charge in [-0.3, -0.25) is 0 Å². The lowest BCUT2D eigenvalue weighted by atomic mass is 9.99. The Morgan fingerprint density at radius 3 is 1.70 bits per heavy atom. The first-order valence-electron chi connectivity index (χ1n) is 12.3. The fourth-order valence-electron chi connectivity index (χ4n) is 4.29. The number of aliphatic hydroxyl groups is 8. The van der Waals surface area contributed by atoms with E-state index in [1.54, 1.807) is 0 Å². The van der Waals surface area contributed by atoms with Gasteiger partial charge in [0.15, 0.2) is 0 Å². The van der Waals surface area contributed by atoms with Gasteiger partial charge in [-0.05, 0) is 29.8 Å². The molecule has 2 aromatic rings. The number of ether oxygens (including phenoxy) is 4. The Kier molecular flexibility index (Phi) is 9.48. The highest BCUT2D eigenvalue weighted by Crippen LogP contribution is 2.31. The topological polar surface area (TPSA) is 239 Å². The molecule has 0 aromatic heterocycles. The Morgan fingerprint density at radius 2 is 1.18 bits per heavy atom. The van der Waals surface area contributed by atoms with E-state index in [0.29, 0.717) is 11.1 Å². The van der Waals surface area contributed by atoms with E-state index in [-0.39, 0.29) is 23.0 Å². The first-order valence-corrected chi connectivity index (χ1v) is 12.3. The molecule has 10 N–H and O–H groups in total. The molecule has 0 saturated carbocycles. The van der Waals surface area contributed by atoms with Gasteiger partial charge in [-0.1, -0.05) is 12.2 Å². The lowest BCUT2D eigenvalue weighted by molar-refractivity contribution is -0.277. The third kappa shape index (κ3) is 6.47. The highest BCUT2D eigenvalue weighted by atomic mass is 16.7. The molecule has 2 aliphatic heterocycles. The smallest absolute Gasteiger partial charge is 0.229 e. The minimum Gasteiger partial charge on any atom is -0.508 e. The highest BCUT2D eigenvalue weighted by molar-refractivity contribution is 5.74. The van der Waals surface area contributed by atoms with Gasteiger partial charge in [-0.25, -0.2) is 0 Å². The molecule has 40 heavy (non-hydrogen) atoms. The van der Waals surface area contributed by atoms with Crippen molar-refractivity contribution in [3.05, 3.63) is 47.5 Å². The minimum absolute atomic E-state index is 0.0384. The van der Waals surface area contributed by atoms with Crippen molar-refractivity contribution in [3.63, 3.8) is 0 Å². The van der Waals surface area contributed by atoms with Gasteiger partial charge in [-0.15, -0.1) is 0 Å². The summed E-state index contributed by atoms with van der Waals surface area (Å²) in [4.78, 5) is 0. The van der Waals surface area contributed by atoms with Gasteiger partial charge >= 0.3 is 0 Å². The second kappa shape index (κ2) is 12.7. The lowest BCUT2D eigenvalue weighted by Gasteiger charge is -2.39. The van der Waals surface area contributed by atoms with E-state index in [4.69, 9.17) is 18.9 Å². The number of aromatic hydroxyl groups is 2. The first kappa shape index (κ1) is 30.0. The van der Waals surface area contributed by atoms with Crippen molar-refractivity contribution in [2.24, 2.45) is 0 Å². The van der Waals surface area contributed by atoms with E-state index in [9.17, 15) is 51.1 Å². The first-order chi connectivity index (χ1) is 19.0. The zero-order valence-corrected chi connectivity index (χ0v) is 20.9. The monoisotopic (exact) mass is 568 g/mol. The Hall–Kier alpha value is -3.02. The predicted molar refractivity (Wildman–Crippen MR) is 134 cm³/mol. The summed E-state index contributed by atoms with van der Waals surface area (Å²) in [6, 6.07) is 8.20.